The van der Waals surface area contributed by atoms with Crippen molar-refractivity contribution >= 4 is 17.5 Å². The molecule has 0 spiro atoms. The molecular formula is C27H28N2O3. The number of nitrogens with zero attached hydrogens (tertiary/aromatic N) is 1. The molecule has 0 radical (unpaired) electrons. The molecule has 3 aromatic rings. The number of hydrogen-bond donors (Lipinski definition) is 1. The van der Waals surface area contributed by atoms with Gasteiger partial charge in [0.05, 0.1) is 7.11 Å². The van der Waals surface area contributed by atoms with Gasteiger partial charge in [0, 0.05) is 29.4 Å². The van der Waals surface area contributed by atoms with Crippen molar-refractivity contribution in [3.8, 4) is 5.75 Å². The highest BCUT2D eigenvalue weighted by atomic mass is 16.5. The molecule has 0 heterocycles. The van der Waals surface area contributed by atoms with Crippen molar-refractivity contribution in [2.75, 3.05) is 12.4 Å². The predicted octanol–water partition coefficient (Wildman–Crippen LogP) is 5.39. The first-order valence-electron chi connectivity index (χ1n) is 11.0. The zero-order valence-electron chi connectivity index (χ0n) is 18.5. The van der Waals surface area contributed by atoms with Crippen LogP contribution in [0.4, 0.5) is 5.69 Å². The summed E-state index contributed by atoms with van der Waals surface area (Å²) in [6.07, 6.45) is 2.33. The lowest BCUT2D eigenvalue weighted by Crippen LogP contribution is -2.39. The van der Waals surface area contributed by atoms with E-state index in [1.807, 2.05) is 47.4 Å². The van der Waals surface area contributed by atoms with Crippen molar-refractivity contribution in [3.63, 3.8) is 0 Å². The molecule has 0 bridgehead atoms. The number of methoxy groups -OCH3 is 1. The van der Waals surface area contributed by atoms with E-state index in [0.29, 0.717) is 29.3 Å². The van der Waals surface area contributed by atoms with E-state index in [9.17, 15) is 9.59 Å². The van der Waals surface area contributed by atoms with Crippen LogP contribution in [0.3, 0.4) is 0 Å². The van der Waals surface area contributed by atoms with Crippen LogP contribution in [0, 0.1) is 5.92 Å². The zero-order chi connectivity index (χ0) is 22.5. The Labute approximate surface area is 189 Å². The molecule has 2 amide bonds. The Hall–Kier alpha value is -3.60. The van der Waals surface area contributed by atoms with Crippen LogP contribution < -0.4 is 10.1 Å². The van der Waals surface area contributed by atoms with Crippen molar-refractivity contribution in [1.82, 2.24) is 4.90 Å². The van der Waals surface area contributed by atoms with Crippen LogP contribution in [0.15, 0.2) is 78.9 Å². The number of carbonyl (C=O) groups is 2. The van der Waals surface area contributed by atoms with E-state index in [1.54, 1.807) is 43.5 Å². The molecule has 1 aliphatic rings. The van der Waals surface area contributed by atoms with Gasteiger partial charge in [0.1, 0.15) is 5.75 Å². The van der Waals surface area contributed by atoms with Crippen LogP contribution >= 0.6 is 0 Å². The lowest BCUT2D eigenvalue weighted by molar-refractivity contribution is 0.0654. The van der Waals surface area contributed by atoms with Gasteiger partial charge >= 0.3 is 0 Å². The third-order valence-electron chi connectivity index (χ3n) is 5.99. The Kier molecular flexibility index (Phi) is 6.55. The average Bonchev–Trinajstić information content (AvgIpc) is 3.69. The summed E-state index contributed by atoms with van der Waals surface area (Å²) in [7, 11) is 1.64. The van der Waals surface area contributed by atoms with Gasteiger partial charge in [-0.1, -0.05) is 30.3 Å². The SMILES string of the molecule is COc1ccc(CN(C(=O)c2ccc(NC(=O)c3ccccc3)cc2)C(C)C2CC2)cc1. The molecule has 0 aromatic heterocycles. The highest BCUT2D eigenvalue weighted by Gasteiger charge is 2.34. The summed E-state index contributed by atoms with van der Waals surface area (Å²) in [6, 6.07) is 24.2. The fourth-order valence-electron chi connectivity index (χ4n) is 3.82. The third-order valence-corrected chi connectivity index (χ3v) is 5.99. The zero-order valence-corrected chi connectivity index (χ0v) is 18.5. The standard InChI is InChI=1S/C27H28N2O3/c1-19(21-10-11-21)29(18-20-8-16-25(32-2)17-9-20)27(31)23-12-14-24(15-13-23)28-26(30)22-6-4-3-5-7-22/h3-9,12-17,19,21H,10-11,18H2,1-2H3,(H,28,30). The number of benzene rings is 3. The number of hydrogen-bond acceptors (Lipinski definition) is 3. The quantitative estimate of drug-likeness (QED) is 0.523. The molecule has 4 rings (SSSR count). The van der Waals surface area contributed by atoms with Crippen LogP contribution in [0.5, 0.6) is 5.75 Å². The van der Waals surface area contributed by atoms with Crippen molar-refractivity contribution < 1.29 is 14.3 Å². The molecule has 5 nitrogen and oxygen atoms in total. The second-order valence-electron chi connectivity index (χ2n) is 8.26. The van der Waals surface area contributed by atoms with Crippen molar-refractivity contribution in [3.05, 3.63) is 95.6 Å². The van der Waals surface area contributed by atoms with E-state index < -0.39 is 0 Å². The summed E-state index contributed by atoms with van der Waals surface area (Å²) < 4.78 is 5.24. The number of amides is 2. The molecule has 1 unspecified atom stereocenters. The van der Waals surface area contributed by atoms with Crippen LogP contribution in [-0.4, -0.2) is 29.9 Å². The minimum Gasteiger partial charge on any atom is -0.497 e. The normalized spacial score (nSPS) is 13.8. The molecular weight excluding hydrogens is 400 g/mol. The fourth-order valence-corrected chi connectivity index (χ4v) is 3.82. The maximum Gasteiger partial charge on any atom is 0.255 e. The Morgan fingerprint density at radius 1 is 0.938 bits per heavy atom. The predicted molar refractivity (Wildman–Crippen MR) is 126 cm³/mol. The van der Waals surface area contributed by atoms with Crippen LogP contribution in [0.25, 0.3) is 0 Å². The Bertz CT molecular complexity index is 1060. The molecule has 164 valence electrons. The van der Waals surface area contributed by atoms with Gasteiger partial charge in [0.15, 0.2) is 0 Å². The molecule has 1 atom stereocenters. The molecule has 1 fully saturated rings. The van der Waals surface area contributed by atoms with E-state index >= 15 is 0 Å². The van der Waals surface area contributed by atoms with Crippen LogP contribution in [0.2, 0.25) is 0 Å². The number of anilines is 1. The molecule has 0 aliphatic heterocycles. The first-order chi connectivity index (χ1) is 15.5. The summed E-state index contributed by atoms with van der Waals surface area (Å²) in [5.41, 5.74) is 2.94. The van der Waals surface area contributed by atoms with Crippen molar-refractivity contribution in [1.29, 1.82) is 0 Å². The Balaban J connectivity index is 1.48. The summed E-state index contributed by atoms with van der Waals surface area (Å²) in [5, 5.41) is 2.88. The lowest BCUT2D eigenvalue weighted by atomic mass is 10.1. The van der Waals surface area contributed by atoms with E-state index in [-0.39, 0.29) is 17.9 Å². The van der Waals surface area contributed by atoms with Gasteiger partial charge in [-0.25, -0.2) is 0 Å². The molecule has 3 aromatic carbocycles. The van der Waals surface area contributed by atoms with Gasteiger partial charge in [-0.3, -0.25) is 9.59 Å². The monoisotopic (exact) mass is 428 g/mol. The first kappa shape index (κ1) is 21.6. The molecule has 0 saturated heterocycles. The Morgan fingerprint density at radius 3 is 2.19 bits per heavy atom. The highest BCUT2D eigenvalue weighted by molar-refractivity contribution is 6.04. The second kappa shape index (κ2) is 9.69. The molecule has 1 saturated carbocycles. The molecule has 32 heavy (non-hydrogen) atoms. The maximum absolute atomic E-state index is 13.4. The number of ether oxygens (including phenoxy) is 1. The van der Waals surface area contributed by atoms with Gasteiger partial charge in [-0.2, -0.15) is 0 Å². The smallest absolute Gasteiger partial charge is 0.255 e. The second-order valence-corrected chi connectivity index (χ2v) is 8.26. The van der Waals surface area contributed by atoms with Crippen molar-refractivity contribution in [2.24, 2.45) is 5.92 Å². The fraction of sp³-hybridized carbons (Fsp3) is 0.259. The third kappa shape index (κ3) is 5.17. The van der Waals surface area contributed by atoms with Crippen LogP contribution in [-0.2, 0) is 6.54 Å². The molecule has 5 heteroatoms. The maximum atomic E-state index is 13.4. The van der Waals surface area contributed by atoms with E-state index in [1.165, 1.54) is 0 Å². The van der Waals surface area contributed by atoms with Gasteiger partial charge < -0.3 is 15.0 Å². The molecule has 1 N–H and O–H groups in total. The minimum absolute atomic E-state index is 0.00107. The largest absolute Gasteiger partial charge is 0.497 e. The summed E-state index contributed by atoms with van der Waals surface area (Å²) in [4.78, 5) is 27.7. The lowest BCUT2D eigenvalue weighted by Gasteiger charge is -2.30. The van der Waals surface area contributed by atoms with Crippen molar-refractivity contribution in [2.45, 2.75) is 32.4 Å². The van der Waals surface area contributed by atoms with E-state index in [4.69, 9.17) is 4.74 Å². The molecule has 1 aliphatic carbocycles. The van der Waals surface area contributed by atoms with Gasteiger partial charge in [-0.05, 0) is 79.8 Å². The van der Waals surface area contributed by atoms with E-state index in [0.717, 1.165) is 24.2 Å². The minimum atomic E-state index is -0.173. The first-order valence-corrected chi connectivity index (χ1v) is 11.0. The Morgan fingerprint density at radius 2 is 1.59 bits per heavy atom. The average molecular weight is 429 g/mol. The number of nitrogens with one attached hydrogen (secondary N) is 1. The summed E-state index contributed by atoms with van der Waals surface area (Å²) in [6.45, 7) is 2.68. The highest BCUT2D eigenvalue weighted by Crippen LogP contribution is 2.36. The van der Waals surface area contributed by atoms with Gasteiger partial charge in [0.25, 0.3) is 11.8 Å². The van der Waals surface area contributed by atoms with Gasteiger partial charge in [-0.15, -0.1) is 0 Å². The number of carbonyl (C=O) groups excluding carboxylic acids is 2. The topological polar surface area (TPSA) is 58.6 Å². The van der Waals surface area contributed by atoms with Crippen LogP contribution in [0.1, 0.15) is 46.0 Å². The van der Waals surface area contributed by atoms with Gasteiger partial charge in [0.2, 0.25) is 0 Å². The number of rotatable bonds is 8. The van der Waals surface area contributed by atoms with E-state index in [2.05, 4.69) is 12.2 Å². The summed E-state index contributed by atoms with van der Waals surface area (Å²) in [5.74, 6) is 1.19. The summed E-state index contributed by atoms with van der Waals surface area (Å²) >= 11 is 0.